The number of aromatic nitrogens is 1. The lowest BCUT2D eigenvalue weighted by Crippen LogP contribution is -2.08. The molecule has 0 saturated carbocycles. The van der Waals surface area contributed by atoms with E-state index < -0.39 is 17.7 Å². The molecule has 19 heavy (non-hydrogen) atoms. The smallest absolute Gasteiger partial charge is 0.131 e. The molecule has 0 bridgehead atoms. The van der Waals surface area contributed by atoms with Crippen LogP contribution >= 0.6 is 0 Å². The molecule has 0 amide bonds. The third-order valence-corrected chi connectivity index (χ3v) is 3.14. The van der Waals surface area contributed by atoms with E-state index in [1.807, 2.05) is 13.0 Å². The molecular formula is C15H15F2NO. The molecule has 0 aliphatic heterocycles. The number of nitrogens with zero attached hydrogens (tertiary/aromatic N) is 1. The molecule has 2 aromatic rings. The number of hydrogen-bond acceptors (Lipinski definition) is 2. The Morgan fingerprint density at radius 3 is 2.58 bits per heavy atom. The lowest BCUT2D eigenvalue weighted by atomic mass is 10.00. The summed E-state index contributed by atoms with van der Waals surface area (Å²) in [6.07, 6.45) is 0.795. The molecule has 1 aromatic heterocycles. The van der Waals surface area contributed by atoms with Gasteiger partial charge in [-0.15, -0.1) is 0 Å². The molecule has 0 aliphatic rings. The first-order valence-corrected chi connectivity index (χ1v) is 6.03. The van der Waals surface area contributed by atoms with E-state index in [1.165, 1.54) is 13.0 Å². The Morgan fingerprint density at radius 1 is 1.16 bits per heavy atom. The van der Waals surface area contributed by atoms with Crippen molar-refractivity contribution in [1.29, 1.82) is 0 Å². The van der Waals surface area contributed by atoms with Crippen LogP contribution in [0, 0.1) is 25.5 Å². The van der Waals surface area contributed by atoms with Crippen molar-refractivity contribution < 1.29 is 13.9 Å². The molecule has 1 atom stereocenters. The van der Waals surface area contributed by atoms with Crippen LogP contribution in [0.25, 0.3) is 0 Å². The molecule has 0 fully saturated rings. The van der Waals surface area contributed by atoms with E-state index in [2.05, 4.69) is 4.98 Å². The van der Waals surface area contributed by atoms with Crippen LogP contribution in [-0.2, 0) is 6.42 Å². The summed E-state index contributed by atoms with van der Waals surface area (Å²) in [6, 6.07) is 5.82. The highest BCUT2D eigenvalue weighted by Gasteiger charge is 2.17. The molecule has 100 valence electrons. The Kier molecular flexibility index (Phi) is 3.90. The van der Waals surface area contributed by atoms with Crippen LogP contribution in [0.2, 0.25) is 0 Å². The van der Waals surface area contributed by atoms with Gasteiger partial charge < -0.3 is 5.11 Å². The van der Waals surface area contributed by atoms with Gasteiger partial charge in [0.2, 0.25) is 0 Å². The largest absolute Gasteiger partial charge is 0.388 e. The minimum absolute atomic E-state index is 0.101. The van der Waals surface area contributed by atoms with Crippen LogP contribution < -0.4 is 0 Å². The van der Waals surface area contributed by atoms with Gasteiger partial charge in [-0.1, -0.05) is 6.07 Å². The second-order valence-electron chi connectivity index (χ2n) is 4.61. The van der Waals surface area contributed by atoms with E-state index >= 15 is 0 Å². The zero-order valence-electron chi connectivity index (χ0n) is 10.8. The van der Waals surface area contributed by atoms with Gasteiger partial charge in [0.05, 0.1) is 6.10 Å². The van der Waals surface area contributed by atoms with Crippen molar-refractivity contribution in [3.05, 3.63) is 64.5 Å². The van der Waals surface area contributed by atoms with Gasteiger partial charge >= 0.3 is 0 Å². The van der Waals surface area contributed by atoms with Gasteiger partial charge in [0.1, 0.15) is 11.6 Å². The molecule has 0 aliphatic carbocycles. The Balaban J connectivity index is 2.28. The summed E-state index contributed by atoms with van der Waals surface area (Å²) in [5.74, 6) is -1.34. The van der Waals surface area contributed by atoms with Crippen molar-refractivity contribution in [2.45, 2.75) is 26.4 Å². The summed E-state index contributed by atoms with van der Waals surface area (Å²) >= 11 is 0. The van der Waals surface area contributed by atoms with Crippen molar-refractivity contribution in [2.75, 3.05) is 0 Å². The van der Waals surface area contributed by atoms with Crippen LogP contribution in [0.15, 0.2) is 30.5 Å². The highest BCUT2D eigenvalue weighted by Crippen LogP contribution is 2.24. The van der Waals surface area contributed by atoms with Crippen LogP contribution in [0.4, 0.5) is 8.78 Å². The Morgan fingerprint density at radius 2 is 1.89 bits per heavy atom. The highest BCUT2D eigenvalue weighted by atomic mass is 19.1. The molecular weight excluding hydrogens is 248 g/mol. The number of rotatable bonds is 3. The van der Waals surface area contributed by atoms with E-state index in [-0.39, 0.29) is 12.0 Å². The fourth-order valence-electron chi connectivity index (χ4n) is 1.96. The van der Waals surface area contributed by atoms with E-state index in [1.54, 1.807) is 12.3 Å². The molecule has 1 unspecified atom stereocenters. The monoisotopic (exact) mass is 263 g/mol. The predicted molar refractivity (Wildman–Crippen MR) is 68.7 cm³/mol. The summed E-state index contributed by atoms with van der Waals surface area (Å²) in [6.45, 7) is 3.42. The number of aliphatic hydroxyl groups excluding tert-OH is 1. The topological polar surface area (TPSA) is 33.1 Å². The molecule has 1 N–H and O–H groups in total. The minimum Gasteiger partial charge on any atom is -0.388 e. The van der Waals surface area contributed by atoms with Crippen LogP contribution in [0.1, 0.15) is 28.5 Å². The molecule has 4 heteroatoms. The van der Waals surface area contributed by atoms with Gasteiger partial charge in [0.25, 0.3) is 0 Å². The maximum absolute atomic E-state index is 13.7. The molecule has 2 rings (SSSR count). The highest BCUT2D eigenvalue weighted by molar-refractivity contribution is 5.29. The van der Waals surface area contributed by atoms with Crippen molar-refractivity contribution in [3.63, 3.8) is 0 Å². The second kappa shape index (κ2) is 5.45. The van der Waals surface area contributed by atoms with Gasteiger partial charge in [0, 0.05) is 29.9 Å². The lowest BCUT2D eigenvalue weighted by Gasteiger charge is -2.14. The zero-order chi connectivity index (χ0) is 14.0. The SMILES string of the molecule is Cc1cc(C(O)Cc2ncccc2C)c(F)cc1F. The van der Waals surface area contributed by atoms with Gasteiger partial charge in [-0.3, -0.25) is 4.98 Å². The number of hydrogen-bond donors (Lipinski definition) is 1. The van der Waals surface area contributed by atoms with Crippen LogP contribution in [0.3, 0.4) is 0 Å². The maximum atomic E-state index is 13.7. The summed E-state index contributed by atoms with van der Waals surface area (Å²) in [5.41, 5.74) is 2.05. The first-order valence-electron chi connectivity index (χ1n) is 6.03. The number of aryl methyl sites for hydroxylation is 2. The Bertz CT molecular complexity index is 599. The summed E-state index contributed by atoms with van der Waals surface area (Å²) in [4.78, 5) is 4.16. The maximum Gasteiger partial charge on any atom is 0.131 e. The Labute approximate surface area is 110 Å². The van der Waals surface area contributed by atoms with Crippen molar-refractivity contribution in [1.82, 2.24) is 4.98 Å². The molecule has 1 heterocycles. The lowest BCUT2D eigenvalue weighted by molar-refractivity contribution is 0.172. The Hall–Kier alpha value is -1.81. The van der Waals surface area contributed by atoms with E-state index in [9.17, 15) is 13.9 Å². The van der Waals surface area contributed by atoms with Crippen LogP contribution in [0.5, 0.6) is 0 Å². The predicted octanol–water partition coefficient (Wildman–Crippen LogP) is 3.25. The van der Waals surface area contributed by atoms with Gasteiger partial charge in [-0.25, -0.2) is 8.78 Å². The first-order chi connectivity index (χ1) is 8.99. The number of halogens is 2. The van der Waals surface area contributed by atoms with Crippen molar-refractivity contribution in [2.24, 2.45) is 0 Å². The average Bonchev–Trinajstić information content (AvgIpc) is 2.36. The number of aliphatic hydroxyl groups is 1. The summed E-state index contributed by atoms with van der Waals surface area (Å²) in [7, 11) is 0. The zero-order valence-corrected chi connectivity index (χ0v) is 10.8. The van der Waals surface area contributed by atoms with Crippen LogP contribution in [-0.4, -0.2) is 10.1 Å². The standard InChI is InChI=1S/C15H15F2NO/c1-9-4-3-5-18-14(9)8-15(19)11-6-10(2)12(16)7-13(11)17/h3-7,15,19H,8H2,1-2H3. The molecule has 0 spiro atoms. The first kappa shape index (κ1) is 13.6. The summed E-state index contributed by atoms with van der Waals surface area (Å²) < 4.78 is 26.8. The average molecular weight is 263 g/mol. The quantitative estimate of drug-likeness (QED) is 0.922. The fourth-order valence-corrected chi connectivity index (χ4v) is 1.96. The van der Waals surface area contributed by atoms with Crippen molar-refractivity contribution in [3.8, 4) is 0 Å². The normalized spacial score (nSPS) is 12.5. The molecule has 0 radical (unpaired) electrons. The third kappa shape index (κ3) is 2.96. The van der Waals surface area contributed by atoms with E-state index in [4.69, 9.17) is 0 Å². The number of pyridine rings is 1. The molecule has 2 nitrogen and oxygen atoms in total. The van der Waals surface area contributed by atoms with E-state index in [0.717, 1.165) is 11.6 Å². The van der Waals surface area contributed by atoms with Gasteiger partial charge in [-0.2, -0.15) is 0 Å². The minimum atomic E-state index is -1.03. The van der Waals surface area contributed by atoms with Crippen molar-refractivity contribution >= 4 is 0 Å². The van der Waals surface area contributed by atoms with E-state index in [0.29, 0.717) is 11.3 Å². The fraction of sp³-hybridized carbons (Fsp3) is 0.267. The molecule has 0 saturated heterocycles. The number of benzene rings is 1. The van der Waals surface area contributed by atoms with Gasteiger partial charge in [-0.05, 0) is 37.1 Å². The summed E-state index contributed by atoms with van der Waals surface area (Å²) in [5, 5.41) is 10.1. The van der Waals surface area contributed by atoms with Gasteiger partial charge in [0.15, 0.2) is 0 Å². The molecule has 1 aromatic carbocycles. The second-order valence-corrected chi connectivity index (χ2v) is 4.61. The third-order valence-electron chi connectivity index (χ3n) is 3.14.